The summed E-state index contributed by atoms with van der Waals surface area (Å²) in [4.78, 5) is 41.2. The summed E-state index contributed by atoms with van der Waals surface area (Å²) >= 11 is 0. The third-order valence-corrected chi connectivity index (χ3v) is 6.30. The molecule has 0 radical (unpaired) electrons. The summed E-state index contributed by atoms with van der Waals surface area (Å²) in [6.45, 7) is 1.68. The van der Waals surface area contributed by atoms with Gasteiger partial charge in [-0.3, -0.25) is 19.3 Å². The first-order valence-electron chi connectivity index (χ1n) is 12.1. The molecule has 1 fully saturated rings. The van der Waals surface area contributed by atoms with Crippen LogP contribution in [0.1, 0.15) is 59.8 Å². The first kappa shape index (κ1) is 24.3. The maximum Gasteiger partial charge on any atom is 0.287 e. The zero-order valence-electron chi connectivity index (χ0n) is 19.9. The summed E-state index contributed by atoms with van der Waals surface area (Å²) in [5, 5.41) is 5.80. The van der Waals surface area contributed by atoms with Gasteiger partial charge in [-0.05, 0) is 49.6 Å². The van der Waals surface area contributed by atoms with Crippen molar-refractivity contribution in [2.75, 3.05) is 11.4 Å². The smallest absolute Gasteiger partial charge is 0.287 e. The van der Waals surface area contributed by atoms with Gasteiger partial charge in [-0.2, -0.15) is 0 Å². The van der Waals surface area contributed by atoms with E-state index in [0.29, 0.717) is 11.3 Å². The second kappa shape index (κ2) is 11.5. The van der Waals surface area contributed by atoms with Crippen molar-refractivity contribution in [2.24, 2.45) is 0 Å². The quantitative estimate of drug-likeness (QED) is 0.502. The number of nitrogens with zero attached hydrogens (tertiary/aromatic N) is 1. The minimum atomic E-state index is -0.881. The second-order valence-corrected chi connectivity index (χ2v) is 8.92. The van der Waals surface area contributed by atoms with Crippen molar-refractivity contribution >= 4 is 23.4 Å². The highest BCUT2D eigenvalue weighted by Crippen LogP contribution is 2.29. The van der Waals surface area contributed by atoms with Gasteiger partial charge in [-0.25, -0.2) is 0 Å². The summed E-state index contributed by atoms with van der Waals surface area (Å²) in [6, 6.07) is 19.1. The Morgan fingerprint density at radius 2 is 1.66 bits per heavy atom. The van der Waals surface area contributed by atoms with Crippen LogP contribution in [0.25, 0.3) is 0 Å². The summed E-state index contributed by atoms with van der Waals surface area (Å²) in [5.41, 5.74) is 2.32. The molecule has 7 heteroatoms. The minimum absolute atomic E-state index is 0.0936. The fourth-order valence-electron chi connectivity index (χ4n) is 4.46. The van der Waals surface area contributed by atoms with Crippen molar-refractivity contribution in [3.05, 3.63) is 89.9 Å². The van der Waals surface area contributed by atoms with Gasteiger partial charge in [-0.1, -0.05) is 67.3 Å². The summed E-state index contributed by atoms with van der Waals surface area (Å²) < 4.78 is 5.12. The number of amides is 3. The van der Waals surface area contributed by atoms with Crippen molar-refractivity contribution in [3.8, 4) is 0 Å². The standard InChI is InChI=1S/C28H31N3O4/c1-20-14-16-23(17-15-20)31(25(32)19-29-27(33)24-13-8-18-35-24)26(21-9-4-2-5-10-21)28(34)30-22-11-6-3-7-12-22/h2,4-5,8-10,13-18,22,26H,3,6-7,11-12,19H2,1H3,(H,29,33)(H,30,34)/t26-/m0/s1. The van der Waals surface area contributed by atoms with Crippen LogP contribution in [0, 0.1) is 6.92 Å². The zero-order valence-corrected chi connectivity index (χ0v) is 19.9. The van der Waals surface area contributed by atoms with Crippen LogP contribution in [-0.2, 0) is 9.59 Å². The molecule has 3 amide bonds. The van der Waals surface area contributed by atoms with Gasteiger partial charge in [0.05, 0.1) is 12.8 Å². The van der Waals surface area contributed by atoms with Crippen molar-refractivity contribution in [1.82, 2.24) is 10.6 Å². The Morgan fingerprint density at radius 3 is 2.31 bits per heavy atom. The Kier molecular flexibility index (Phi) is 7.98. The Labute approximate surface area is 205 Å². The van der Waals surface area contributed by atoms with Gasteiger partial charge in [0.25, 0.3) is 5.91 Å². The van der Waals surface area contributed by atoms with E-state index >= 15 is 0 Å². The molecular weight excluding hydrogens is 442 g/mol. The molecule has 0 saturated heterocycles. The van der Waals surface area contributed by atoms with Crippen LogP contribution in [0.15, 0.2) is 77.4 Å². The number of carbonyl (C=O) groups is 3. The second-order valence-electron chi connectivity index (χ2n) is 8.92. The van der Waals surface area contributed by atoms with E-state index in [0.717, 1.165) is 31.2 Å². The number of anilines is 1. The minimum Gasteiger partial charge on any atom is -0.459 e. The lowest BCUT2D eigenvalue weighted by molar-refractivity contribution is -0.127. The number of carbonyl (C=O) groups excluding carboxylic acids is 3. The van der Waals surface area contributed by atoms with Crippen LogP contribution >= 0.6 is 0 Å². The Balaban J connectivity index is 1.65. The van der Waals surface area contributed by atoms with E-state index in [1.165, 1.54) is 23.7 Å². The summed E-state index contributed by atoms with van der Waals surface area (Å²) in [5.74, 6) is -1.000. The highest BCUT2D eigenvalue weighted by molar-refractivity contribution is 6.04. The third kappa shape index (κ3) is 6.18. The molecule has 1 saturated carbocycles. The van der Waals surface area contributed by atoms with Crippen molar-refractivity contribution in [3.63, 3.8) is 0 Å². The van der Waals surface area contributed by atoms with Crippen LogP contribution in [-0.4, -0.2) is 30.3 Å². The molecule has 7 nitrogen and oxygen atoms in total. The largest absolute Gasteiger partial charge is 0.459 e. The molecule has 0 unspecified atom stereocenters. The molecule has 1 heterocycles. The molecule has 182 valence electrons. The van der Waals surface area contributed by atoms with Crippen molar-refractivity contribution in [2.45, 2.75) is 51.1 Å². The number of benzene rings is 2. The fraction of sp³-hybridized carbons (Fsp3) is 0.321. The molecule has 0 aliphatic heterocycles. The Hall–Kier alpha value is -3.87. The van der Waals surface area contributed by atoms with Gasteiger partial charge < -0.3 is 15.1 Å². The van der Waals surface area contributed by atoms with E-state index in [2.05, 4.69) is 10.6 Å². The van der Waals surface area contributed by atoms with Gasteiger partial charge >= 0.3 is 0 Å². The molecule has 1 aliphatic carbocycles. The lowest BCUT2D eigenvalue weighted by atomic mass is 9.94. The highest BCUT2D eigenvalue weighted by atomic mass is 16.3. The SMILES string of the molecule is Cc1ccc(N(C(=O)CNC(=O)c2ccco2)[C@H](C(=O)NC2CCCCC2)c2ccccc2)cc1. The Bertz CT molecular complexity index is 1120. The van der Waals surface area contributed by atoms with E-state index in [4.69, 9.17) is 4.42 Å². The molecule has 35 heavy (non-hydrogen) atoms. The number of furan rings is 1. The van der Waals surface area contributed by atoms with E-state index in [-0.39, 0.29) is 24.3 Å². The van der Waals surface area contributed by atoms with Crippen LogP contribution in [0.3, 0.4) is 0 Å². The molecule has 4 rings (SSSR count). The van der Waals surface area contributed by atoms with Crippen LogP contribution in [0.5, 0.6) is 0 Å². The van der Waals surface area contributed by atoms with Gasteiger partial charge in [0, 0.05) is 11.7 Å². The predicted molar refractivity (Wildman–Crippen MR) is 134 cm³/mol. The highest BCUT2D eigenvalue weighted by Gasteiger charge is 2.34. The maximum absolute atomic E-state index is 13.7. The van der Waals surface area contributed by atoms with Gasteiger partial charge in [-0.15, -0.1) is 0 Å². The van der Waals surface area contributed by atoms with Crippen LogP contribution < -0.4 is 15.5 Å². The molecule has 2 aromatic carbocycles. The molecule has 2 N–H and O–H groups in total. The number of aryl methyl sites for hydroxylation is 1. The average molecular weight is 474 g/mol. The number of hydrogen-bond acceptors (Lipinski definition) is 4. The molecule has 0 bridgehead atoms. The van der Waals surface area contributed by atoms with Crippen molar-refractivity contribution < 1.29 is 18.8 Å². The third-order valence-electron chi connectivity index (χ3n) is 6.30. The fourth-order valence-corrected chi connectivity index (χ4v) is 4.46. The molecular formula is C28H31N3O4. The molecule has 3 aromatic rings. The van der Waals surface area contributed by atoms with E-state index in [1.54, 1.807) is 6.07 Å². The number of rotatable bonds is 8. The van der Waals surface area contributed by atoms with E-state index in [9.17, 15) is 14.4 Å². The van der Waals surface area contributed by atoms with Crippen LogP contribution in [0.4, 0.5) is 5.69 Å². The first-order chi connectivity index (χ1) is 17.0. The lowest BCUT2D eigenvalue weighted by Gasteiger charge is -2.33. The Morgan fingerprint density at radius 1 is 0.943 bits per heavy atom. The monoisotopic (exact) mass is 473 g/mol. The summed E-state index contributed by atoms with van der Waals surface area (Å²) in [7, 11) is 0. The maximum atomic E-state index is 13.7. The molecule has 1 atom stereocenters. The topological polar surface area (TPSA) is 91.7 Å². The normalized spacial score (nSPS) is 14.7. The van der Waals surface area contributed by atoms with Gasteiger partial charge in [0.1, 0.15) is 6.04 Å². The predicted octanol–water partition coefficient (Wildman–Crippen LogP) is 4.54. The lowest BCUT2D eigenvalue weighted by Crippen LogP contribution is -2.49. The average Bonchev–Trinajstić information content (AvgIpc) is 3.43. The number of nitrogens with one attached hydrogen (secondary N) is 2. The van der Waals surface area contributed by atoms with E-state index < -0.39 is 17.9 Å². The molecule has 1 aliphatic rings. The van der Waals surface area contributed by atoms with E-state index in [1.807, 2.05) is 61.5 Å². The summed E-state index contributed by atoms with van der Waals surface area (Å²) in [6.07, 6.45) is 6.62. The van der Waals surface area contributed by atoms with Gasteiger partial charge in [0.15, 0.2) is 5.76 Å². The molecule has 1 aromatic heterocycles. The van der Waals surface area contributed by atoms with Gasteiger partial charge in [0.2, 0.25) is 11.8 Å². The number of hydrogen-bond donors (Lipinski definition) is 2. The van der Waals surface area contributed by atoms with Crippen molar-refractivity contribution in [1.29, 1.82) is 0 Å². The first-order valence-corrected chi connectivity index (χ1v) is 12.1. The zero-order chi connectivity index (χ0) is 24.6. The van der Waals surface area contributed by atoms with Crippen LogP contribution in [0.2, 0.25) is 0 Å². The molecule has 0 spiro atoms.